The van der Waals surface area contributed by atoms with Gasteiger partial charge in [-0.15, -0.1) is 11.6 Å². The minimum absolute atomic E-state index is 0.588. The van der Waals surface area contributed by atoms with E-state index >= 15 is 0 Å². The number of hydrogen-bond acceptors (Lipinski definition) is 3. The van der Waals surface area contributed by atoms with Gasteiger partial charge in [0.05, 0.1) is 13.2 Å². The number of benzene rings is 1. The highest BCUT2D eigenvalue weighted by molar-refractivity contribution is 6.17. The van der Waals surface area contributed by atoms with Crippen LogP contribution < -0.4 is 0 Å². The minimum Gasteiger partial charge on any atom is -0.379 e. The standard InChI is InChI=1S/C15H23ClN2O/c16-6-12-19-13-11-17-7-9-18(10-8-17)14-15-4-2-1-3-5-15/h1-5H,6-14H2. The van der Waals surface area contributed by atoms with Crippen molar-refractivity contribution in [2.24, 2.45) is 0 Å². The summed E-state index contributed by atoms with van der Waals surface area (Å²) in [5.74, 6) is 0.588. The Morgan fingerprint density at radius 1 is 0.947 bits per heavy atom. The molecular weight excluding hydrogens is 260 g/mol. The second-order valence-electron chi connectivity index (χ2n) is 4.90. The fourth-order valence-corrected chi connectivity index (χ4v) is 2.47. The molecule has 0 aromatic heterocycles. The van der Waals surface area contributed by atoms with Crippen molar-refractivity contribution in [3.63, 3.8) is 0 Å². The van der Waals surface area contributed by atoms with E-state index in [1.807, 2.05) is 0 Å². The van der Waals surface area contributed by atoms with Gasteiger partial charge in [-0.25, -0.2) is 0 Å². The zero-order valence-corrected chi connectivity index (χ0v) is 12.2. The third-order valence-electron chi connectivity index (χ3n) is 3.49. The van der Waals surface area contributed by atoms with Crippen molar-refractivity contribution >= 4 is 11.6 Å². The largest absolute Gasteiger partial charge is 0.379 e. The summed E-state index contributed by atoms with van der Waals surface area (Å²) in [7, 11) is 0. The van der Waals surface area contributed by atoms with Crippen LogP contribution in [0.4, 0.5) is 0 Å². The van der Waals surface area contributed by atoms with Gasteiger partial charge in [-0.05, 0) is 5.56 Å². The molecule has 19 heavy (non-hydrogen) atoms. The fraction of sp³-hybridized carbons (Fsp3) is 0.600. The molecule has 1 aliphatic heterocycles. The number of halogens is 1. The van der Waals surface area contributed by atoms with Crippen molar-refractivity contribution in [3.8, 4) is 0 Å². The molecule has 1 aliphatic rings. The summed E-state index contributed by atoms with van der Waals surface area (Å²) in [5, 5.41) is 0. The van der Waals surface area contributed by atoms with Crippen molar-refractivity contribution < 1.29 is 4.74 Å². The summed E-state index contributed by atoms with van der Waals surface area (Å²) in [6.07, 6.45) is 0. The van der Waals surface area contributed by atoms with E-state index in [2.05, 4.69) is 40.1 Å². The first-order valence-corrected chi connectivity index (χ1v) is 7.54. The molecule has 0 bridgehead atoms. The van der Waals surface area contributed by atoms with Crippen LogP contribution in [0.15, 0.2) is 30.3 Å². The molecular formula is C15H23ClN2O. The molecule has 106 valence electrons. The van der Waals surface area contributed by atoms with E-state index in [0.29, 0.717) is 12.5 Å². The van der Waals surface area contributed by atoms with Crippen LogP contribution in [0.5, 0.6) is 0 Å². The highest BCUT2D eigenvalue weighted by Gasteiger charge is 2.16. The summed E-state index contributed by atoms with van der Waals surface area (Å²) >= 11 is 5.57. The van der Waals surface area contributed by atoms with E-state index < -0.39 is 0 Å². The van der Waals surface area contributed by atoms with Gasteiger partial charge in [-0.3, -0.25) is 9.80 Å². The molecule has 0 N–H and O–H groups in total. The first-order valence-electron chi connectivity index (χ1n) is 7.01. The molecule has 1 fully saturated rings. The molecule has 1 aromatic carbocycles. The van der Waals surface area contributed by atoms with Gasteiger partial charge in [-0.2, -0.15) is 0 Å². The fourth-order valence-electron chi connectivity index (χ4n) is 2.36. The number of piperazine rings is 1. The van der Waals surface area contributed by atoms with Gasteiger partial charge in [0, 0.05) is 45.1 Å². The number of rotatable bonds is 7. The van der Waals surface area contributed by atoms with Crippen molar-refractivity contribution in [3.05, 3.63) is 35.9 Å². The number of nitrogens with zero attached hydrogens (tertiary/aromatic N) is 2. The number of alkyl halides is 1. The smallest absolute Gasteiger partial charge is 0.0602 e. The number of hydrogen-bond donors (Lipinski definition) is 0. The summed E-state index contributed by atoms with van der Waals surface area (Å²) in [5.41, 5.74) is 1.40. The summed E-state index contributed by atoms with van der Waals surface area (Å²) in [6, 6.07) is 10.7. The highest BCUT2D eigenvalue weighted by Crippen LogP contribution is 2.08. The van der Waals surface area contributed by atoms with E-state index in [9.17, 15) is 0 Å². The van der Waals surface area contributed by atoms with Crippen LogP contribution in [0.2, 0.25) is 0 Å². The highest BCUT2D eigenvalue weighted by atomic mass is 35.5. The Labute approximate surface area is 121 Å². The lowest BCUT2D eigenvalue weighted by molar-refractivity contribution is 0.0792. The van der Waals surface area contributed by atoms with Crippen LogP contribution in [-0.2, 0) is 11.3 Å². The Hall–Kier alpha value is -0.610. The average Bonchev–Trinajstić information content (AvgIpc) is 2.46. The van der Waals surface area contributed by atoms with Crippen molar-refractivity contribution in [1.82, 2.24) is 9.80 Å². The third kappa shape index (κ3) is 5.49. The molecule has 1 saturated heterocycles. The second-order valence-corrected chi connectivity index (χ2v) is 5.28. The molecule has 4 heteroatoms. The summed E-state index contributed by atoms with van der Waals surface area (Å²) < 4.78 is 5.42. The monoisotopic (exact) mass is 282 g/mol. The Kier molecular flexibility index (Phi) is 6.65. The molecule has 0 aliphatic carbocycles. The first kappa shape index (κ1) is 14.8. The van der Waals surface area contributed by atoms with E-state index in [4.69, 9.17) is 16.3 Å². The van der Waals surface area contributed by atoms with Gasteiger partial charge in [-0.1, -0.05) is 30.3 Å². The summed E-state index contributed by atoms with van der Waals surface area (Å²) in [6.45, 7) is 8.11. The molecule has 0 atom stereocenters. The lowest BCUT2D eigenvalue weighted by atomic mass is 10.2. The molecule has 0 unspecified atom stereocenters. The van der Waals surface area contributed by atoms with Gasteiger partial charge in [0.1, 0.15) is 0 Å². The zero-order chi connectivity index (χ0) is 13.3. The molecule has 0 amide bonds. The zero-order valence-electron chi connectivity index (χ0n) is 11.4. The minimum atomic E-state index is 0.588. The van der Waals surface area contributed by atoms with Crippen LogP contribution >= 0.6 is 11.6 Å². The lowest BCUT2D eigenvalue weighted by Crippen LogP contribution is -2.46. The van der Waals surface area contributed by atoms with Gasteiger partial charge in [0.2, 0.25) is 0 Å². The van der Waals surface area contributed by atoms with Gasteiger partial charge < -0.3 is 4.74 Å². The average molecular weight is 283 g/mol. The molecule has 3 nitrogen and oxygen atoms in total. The predicted molar refractivity (Wildman–Crippen MR) is 79.7 cm³/mol. The maximum absolute atomic E-state index is 5.57. The van der Waals surface area contributed by atoms with Gasteiger partial charge in [0.25, 0.3) is 0 Å². The van der Waals surface area contributed by atoms with E-state index in [1.54, 1.807) is 0 Å². The van der Waals surface area contributed by atoms with Gasteiger partial charge in [0.15, 0.2) is 0 Å². The van der Waals surface area contributed by atoms with E-state index in [-0.39, 0.29) is 0 Å². The molecule has 0 radical (unpaired) electrons. The van der Waals surface area contributed by atoms with Crippen LogP contribution in [0.25, 0.3) is 0 Å². The number of ether oxygens (including phenoxy) is 1. The SMILES string of the molecule is ClCCOCCN1CCN(Cc2ccccc2)CC1. The van der Waals surface area contributed by atoms with Crippen LogP contribution in [0.1, 0.15) is 5.56 Å². The van der Waals surface area contributed by atoms with Crippen LogP contribution in [-0.4, -0.2) is 61.6 Å². The van der Waals surface area contributed by atoms with Crippen LogP contribution in [0.3, 0.4) is 0 Å². The lowest BCUT2D eigenvalue weighted by Gasteiger charge is -2.34. The van der Waals surface area contributed by atoms with E-state index in [1.165, 1.54) is 5.56 Å². The Morgan fingerprint density at radius 2 is 1.63 bits per heavy atom. The Bertz CT molecular complexity index is 339. The quantitative estimate of drug-likeness (QED) is 0.562. The molecule has 0 spiro atoms. The van der Waals surface area contributed by atoms with Crippen LogP contribution in [0, 0.1) is 0 Å². The molecule has 2 rings (SSSR count). The van der Waals surface area contributed by atoms with E-state index in [0.717, 1.165) is 45.9 Å². The molecule has 1 heterocycles. The maximum atomic E-state index is 5.57. The normalized spacial score (nSPS) is 17.7. The second kappa shape index (κ2) is 8.54. The van der Waals surface area contributed by atoms with Crippen molar-refractivity contribution in [2.45, 2.75) is 6.54 Å². The predicted octanol–water partition coefficient (Wildman–Crippen LogP) is 2.06. The molecule has 1 aromatic rings. The molecule has 0 saturated carbocycles. The maximum Gasteiger partial charge on any atom is 0.0602 e. The topological polar surface area (TPSA) is 15.7 Å². The van der Waals surface area contributed by atoms with Crippen molar-refractivity contribution in [2.75, 3.05) is 51.8 Å². The van der Waals surface area contributed by atoms with Gasteiger partial charge >= 0.3 is 0 Å². The third-order valence-corrected chi connectivity index (χ3v) is 3.64. The Balaban J connectivity index is 1.62. The first-order chi connectivity index (χ1) is 9.38. The Morgan fingerprint density at radius 3 is 2.32 bits per heavy atom. The van der Waals surface area contributed by atoms with Crippen molar-refractivity contribution in [1.29, 1.82) is 0 Å². The summed E-state index contributed by atoms with van der Waals surface area (Å²) in [4.78, 5) is 4.99.